The number of hydrogen-bond donors (Lipinski definition) is 2. The third-order valence-corrected chi connectivity index (χ3v) is 6.69. The van der Waals surface area contributed by atoms with Crippen LogP contribution < -0.4 is 10.6 Å². The molecule has 3 fully saturated rings. The average Bonchev–Trinajstić information content (AvgIpc) is 3.16. The molecule has 2 saturated carbocycles. The Hall–Kier alpha value is -1.10. The minimum atomic E-state index is -0.338. The second kappa shape index (κ2) is 9.72. The van der Waals surface area contributed by atoms with Crippen LogP contribution in [-0.2, 0) is 9.59 Å². The molecule has 3 rings (SSSR count). The van der Waals surface area contributed by atoms with Crippen molar-refractivity contribution in [2.45, 2.75) is 89.6 Å². The summed E-state index contributed by atoms with van der Waals surface area (Å²) in [6.45, 7) is 4.95. The number of hydrogen-bond acceptors (Lipinski definition) is 3. The first-order valence-electron chi connectivity index (χ1n) is 10.9. The Labute approximate surface area is 158 Å². The molecule has 0 aromatic rings. The summed E-state index contributed by atoms with van der Waals surface area (Å²) < 4.78 is 0. The number of carbonyl (C=O) groups is 2. The Kier molecular flexibility index (Phi) is 7.35. The lowest BCUT2D eigenvalue weighted by Gasteiger charge is -2.36. The van der Waals surface area contributed by atoms with Crippen LogP contribution in [-0.4, -0.2) is 48.4 Å². The molecule has 1 unspecified atom stereocenters. The van der Waals surface area contributed by atoms with Crippen molar-refractivity contribution in [3.8, 4) is 0 Å². The summed E-state index contributed by atoms with van der Waals surface area (Å²) in [6, 6.07) is -0.0713. The fourth-order valence-electron chi connectivity index (χ4n) is 5.19. The number of piperidine rings is 1. The zero-order chi connectivity index (χ0) is 18.4. The molecule has 5 heteroatoms. The van der Waals surface area contributed by atoms with Gasteiger partial charge in [-0.1, -0.05) is 32.1 Å². The number of nitrogens with one attached hydrogen (secondary N) is 2. The summed E-state index contributed by atoms with van der Waals surface area (Å²) in [4.78, 5) is 26.9. The van der Waals surface area contributed by atoms with Crippen molar-refractivity contribution in [1.29, 1.82) is 0 Å². The standard InChI is InChI=1S/C21H37N3O2/c1-16(25)22-20(18-9-5-6-10-18)21(26)23-19-11-13-24(14-12-19)15-17-7-3-2-4-8-17/h17-20H,2-15H2,1H3,(H,22,25)(H,23,26). The summed E-state index contributed by atoms with van der Waals surface area (Å²) in [5.41, 5.74) is 0. The second-order valence-electron chi connectivity index (χ2n) is 8.81. The summed E-state index contributed by atoms with van der Waals surface area (Å²) in [5, 5.41) is 6.16. The molecule has 5 nitrogen and oxygen atoms in total. The first-order valence-corrected chi connectivity index (χ1v) is 10.9. The van der Waals surface area contributed by atoms with Crippen LogP contribution in [0.3, 0.4) is 0 Å². The van der Waals surface area contributed by atoms with E-state index in [4.69, 9.17) is 0 Å². The summed E-state index contributed by atoms with van der Waals surface area (Å²) in [7, 11) is 0. The van der Waals surface area contributed by atoms with Crippen LogP contribution in [0.25, 0.3) is 0 Å². The number of amides is 2. The van der Waals surface area contributed by atoms with Gasteiger partial charge in [-0.25, -0.2) is 0 Å². The third kappa shape index (κ3) is 5.70. The monoisotopic (exact) mass is 363 g/mol. The minimum Gasteiger partial charge on any atom is -0.351 e. The Morgan fingerprint density at radius 3 is 2.15 bits per heavy atom. The van der Waals surface area contributed by atoms with Crippen molar-refractivity contribution in [2.75, 3.05) is 19.6 Å². The molecule has 2 aliphatic carbocycles. The van der Waals surface area contributed by atoms with Gasteiger partial charge in [-0.05, 0) is 50.4 Å². The van der Waals surface area contributed by atoms with Crippen molar-refractivity contribution in [3.63, 3.8) is 0 Å². The Balaban J connectivity index is 1.43. The van der Waals surface area contributed by atoms with Gasteiger partial charge in [0.05, 0.1) is 0 Å². The van der Waals surface area contributed by atoms with E-state index in [2.05, 4.69) is 15.5 Å². The van der Waals surface area contributed by atoms with Gasteiger partial charge in [-0.2, -0.15) is 0 Å². The minimum absolute atomic E-state index is 0.0397. The van der Waals surface area contributed by atoms with Crippen LogP contribution in [0.15, 0.2) is 0 Å². The maximum absolute atomic E-state index is 12.8. The molecule has 0 bridgehead atoms. The quantitative estimate of drug-likeness (QED) is 0.763. The zero-order valence-corrected chi connectivity index (χ0v) is 16.5. The first kappa shape index (κ1) is 19.7. The third-order valence-electron chi connectivity index (χ3n) is 6.69. The molecule has 0 spiro atoms. The van der Waals surface area contributed by atoms with E-state index in [1.807, 2.05) is 0 Å². The van der Waals surface area contributed by atoms with Crippen molar-refractivity contribution in [3.05, 3.63) is 0 Å². The van der Waals surface area contributed by atoms with Gasteiger partial charge in [0, 0.05) is 32.6 Å². The molecule has 1 heterocycles. The molecule has 1 saturated heterocycles. The Morgan fingerprint density at radius 2 is 1.54 bits per heavy atom. The van der Waals surface area contributed by atoms with Crippen molar-refractivity contribution in [1.82, 2.24) is 15.5 Å². The van der Waals surface area contributed by atoms with Gasteiger partial charge in [0.1, 0.15) is 6.04 Å². The molecular formula is C21H37N3O2. The average molecular weight is 364 g/mol. The van der Waals surface area contributed by atoms with Crippen LogP contribution in [0, 0.1) is 11.8 Å². The number of likely N-dealkylation sites (tertiary alicyclic amines) is 1. The summed E-state index contributed by atoms with van der Waals surface area (Å²) in [6.07, 6.45) is 13.6. The van der Waals surface area contributed by atoms with Gasteiger partial charge in [0.25, 0.3) is 0 Å². The molecule has 0 radical (unpaired) electrons. The maximum Gasteiger partial charge on any atom is 0.243 e. The van der Waals surface area contributed by atoms with E-state index in [1.54, 1.807) is 0 Å². The van der Waals surface area contributed by atoms with E-state index in [-0.39, 0.29) is 23.9 Å². The molecule has 2 amide bonds. The highest BCUT2D eigenvalue weighted by molar-refractivity contribution is 5.87. The molecule has 1 atom stereocenters. The first-order chi connectivity index (χ1) is 12.6. The van der Waals surface area contributed by atoms with Crippen LogP contribution in [0.4, 0.5) is 0 Å². The number of rotatable bonds is 6. The van der Waals surface area contributed by atoms with Crippen molar-refractivity contribution >= 4 is 11.8 Å². The lowest BCUT2D eigenvalue weighted by atomic mass is 9.88. The van der Waals surface area contributed by atoms with Crippen LogP contribution >= 0.6 is 0 Å². The van der Waals surface area contributed by atoms with Crippen molar-refractivity contribution < 1.29 is 9.59 Å². The molecule has 148 valence electrons. The topological polar surface area (TPSA) is 61.4 Å². The van der Waals surface area contributed by atoms with E-state index in [9.17, 15) is 9.59 Å². The molecule has 2 N–H and O–H groups in total. The van der Waals surface area contributed by atoms with Crippen LogP contribution in [0.2, 0.25) is 0 Å². The highest BCUT2D eigenvalue weighted by atomic mass is 16.2. The summed E-state index contributed by atoms with van der Waals surface area (Å²) >= 11 is 0. The predicted octanol–water partition coefficient (Wildman–Crippen LogP) is 2.84. The van der Waals surface area contributed by atoms with E-state index < -0.39 is 0 Å². The van der Waals surface area contributed by atoms with Gasteiger partial charge in [0.2, 0.25) is 11.8 Å². The molecule has 1 aliphatic heterocycles. The van der Waals surface area contributed by atoms with Gasteiger partial charge < -0.3 is 15.5 Å². The second-order valence-corrected chi connectivity index (χ2v) is 8.81. The fraction of sp³-hybridized carbons (Fsp3) is 0.905. The van der Waals surface area contributed by atoms with Crippen LogP contribution in [0.1, 0.15) is 77.6 Å². The largest absolute Gasteiger partial charge is 0.351 e. The highest BCUT2D eigenvalue weighted by Crippen LogP contribution is 2.28. The normalized spacial score (nSPS) is 25.1. The van der Waals surface area contributed by atoms with Gasteiger partial charge in [-0.15, -0.1) is 0 Å². The van der Waals surface area contributed by atoms with E-state index >= 15 is 0 Å². The zero-order valence-electron chi connectivity index (χ0n) is 16.5. The Morgan fingerprint density at radius 1 is 0.923 bits per heavy atom. The maximum atomic E-state index is 12.8. The lowest BCUT2D eigenvalue weighted by molar-refractivity contribution is -0.130. The molecule has 0 aromatic heterocycles. The molecule has 3 aliphatic rings. The number of nitrogens with zero attached hydrogens (tertiary/aromatic N) is 1. The highest BCUT2D eigenvalue weighted by Gasteiger charge is 2.33. The number of carbonyl (C=O) groups excluding carboxylic acids is 2. The summed E-state index contributed by atoms with van der Waals surface area (Å²) in [5.74, 6) is 1.14. The van der Waals surface area contributed by atoms with Gasteiger partial charge >= 0.3 is 0 Å². The van der Waals surface area contributed by atoms with E-state index in [0.29, 0.717) is 5.92 Å². The molecule has 26 heavy (non-hydrogen) atoms. The molecular weight excluding hydrogens is 326 g/mol. The SMILES string of the molecule is CC(=O)NC(C(=O)NC1CCN(CC2CCCCC2)CC1)C1CCCC1. The smallest absolute Gasteiger partial charge is 0.243 e. The fourth-order valence-corrected chi connectivity index (χ4v) is 5.19. The van der Waals surface area contributed by atoms with E-state index in [1.165, 1.54) is 58.4 Å². The van der Waals surface area contributed by atoms with Gasteiger partial charge in [-0.3, -0.25) is 9.59 Å². The van der Waals surface area contributed by atoms with Crippen LogP contribution in [0.5, 0.6) is 0 Å². The van der Waals surface area contributed by atoms with Crippen molar-refractivity contribution in [2.24, 2.45) is 11.8 Å². The van der Waals surface area contributed by atoms with E-state index in [0.717, 1.165) is 44.7 Å². The predicted molar refractivity (Wildman–Crippen MR) is 104 cm³/mol. The van der Waals surface area contributed by atoms with Gasteiger partial charge in [0.15, 0.2) is 0 Å². The lowest BCUT2D eigenvalue weighted by Crippen LogP contribution is -2.54. The Bertz CT molecular complexity index is 462. The molecule has 0 aromatic carbocycles.